The van der Waals surface area contributed by atoms with Crippen molar-refractivity contribution in [3.63, 3.8) is 0 Å². The molecule has 110 valence electrons. The molecule has 1 aliphatic rings. The lowest BCUT2D eigenvalue weighted by Crippen LogP contribution is -2.21. The number of halogens is 3. The first kappa shape index (κ1) is 15.7. The number of amides is 1. The molecule has 1 heterocycles. The summed E-state index contributed by atoms with van der Waals surface area (Å²) in [6, 6.07) is 6.24. The number of nitriles is 1. The van der Waals surface area contributed by atoms with E-state index in [0.717, 1.165) is 0 Å². The van der Waals surface area contributed by atoms with Gasteiger partial charge in [-0.15, -0.1) is 0 Å². The van der Waals surface area contributed by atoms with Gasteiger partial charge >= 0.3 is 12.1 Å². The topological polar surface area (TPSA) is 88.4 Å². The highest BCUT2D eigenvalue weighted by atomic mass is 35.6. The van der Waals surface area contributed by atoms with Crippen molar-refractivity contribution in [2.75, 3.05) is 11.9 Å². The minimum absolute atomic E-state index is 0.209. The van der Waals surface area contributed by atoms with Gasteiger partial charge in [0.05, 0.1) is 5.56 Å². The fourth-order valence-electron chi connectivity index (χ4n) is 1.67. The summed E-state index contributed by atoms with van der Waals surface area (Å²) in [5.41, 5.74) is 0.946. The van der Waals surface area contributed by atoms with Crippen LogP contribution in [0.1, 0.15) is 22.0 Å². The van der Waals surface area contributed by atoms with Crippen LogP contribution in [0.3, 0.4) is 0 Å². The monoisotopic (exact) mass is 348 g/mol. The molecule has 0 radical (unpaired) electrons. The molecule has 1 N–H and O–H groups in total. The van der Waals surface area contributed by atoms with Crippen molar-refractivity contribution in [3.05, 3.63) is 29.3 Å². The zero-order valence-electron chi connectivity index (χ0n) is 10.2. The Morgan fingerprint density at radius 2 is 2.19 bits per heavy atom. The molecule has 1 amide bonds. The summed E-state index contributed by atoms with van der Waals surface area (Å²) in [5.74, 6) is -0.630. The van der Waals surface area contributed by atoms with Crippen LogP contribution in [0.15, 0.2) is 18.2 Å². The third-order valence-corrected chi connectivity index (χ3v) is 2.84. The number of nitrogens with zero attached hydrogens (tertiary/aromatic N) is 1. The maximum absolute atomic E-state index is 11.6. The Bertz CT molecular complexity index is 636. The number of ether oxygens (including phenoxy) is 2. The second-order valence-electron chi connectivity index (χ2n) is 4.03. The highest BCUT2D eigenvalue weighted by molar-refractivity contribution is 6.67. The van der Waals surface area contributed by atoms with Crippen LogP contribution < -0.4 is 5.32 Å². The Morgan fingerprint density at radius 3 is 2.81 bits per heavy atom. The normalized spacial score (nSPS) is 16.7. The van der Waals surface area contributed by atoms with E-state index in [4.69, 9.17) is 44.8 Å². The van der Waals surface area contributed by atoms with Gasteiger partial charge in [0.2, 0.25) is 9.90 Å². The standard InChI is InChI=1S/C12H7Cl3N2O4/c13-12(14,15)5-20-11(19)17-6-1-2-7-8(3-6)10(18)21-9(7)4-16/h1-3,9H,5H2,(H,17,19). The van der Waals surface area contributed by atoms with Crippen molar-refractivity contribution in [3.8, 4) is 6.07 Å². The minimum Gasteiger partial charge on any atom is -0.445 e. The molecule has 1 aliphatic heterocycles. The number of nitrogens with one attached hydrogen (secondary N) is 1. The van der Waals surface area contributed by atoms with Crippen LogP contribution in [0.2, 0.25) is 0 Å². The summed E-state index contributed by atoms with van der Waals surface area (Å²) in [6.45, 7) is -0.424. The van der Waals surface area contributed by atoms with E-state index in [1.165, 1.54) is 18.2 Å². The molecule has 0 fully saturated rings. The molecule has 0 aromatic heterocycles. The van der Waals surface area contributed by atoms with Crippen LogP contribution >= 0.6 is 34.8 Å². The number of carbonyl (C=O) groups excluding carboxylic acids is 2. The molecule has 1 aromatic rings. The van der Waals surface area contributed by atoms with Gasteiger partial charge in [-0.1, -0.05) is 40.9 Å². The van der Waals surface area contributed by atoms with E-state index in [9.17, 15) is 9.59 Å². The van der Waals surface area contributed by atoms with Gasteiger partial charge in [0, 0.05) is 11.3 Å². The second kappa shape index (κ2) is 5.98. The molecule has 0 bridgehead atoms. The lowest BCUT2D eigenvalue weighted by molar-refractivity contribution is 0.0478. The van der Waals surface area contributed by atoms with E-state index in [2.05, 4.69) is 10.1 Å². The molecule has 1 unspecified atom stereocenters. The molecule has 0 saturated carbocycles. The molecule has 0 spiro atoms. The first-order valence-corrected chi connectivity index (χ1v) is 6.68. The van der Waals surface area contributed by atoms with Crippen LogP contribution in [0.5, 0.6) is 0 Å². The highest BCUT2D eigenvalue weighted by Gasteiger charge is 2.31. The van der Waals surface area contributed by atoms with Gasteiger partial charge < -0.3 is 9.47 Å². The van der Waals surface area contributed by atoms with Crippen LogP contribution in [-0.2, 0) is 9.47 Å². The fourth-order valence-corrected chi connectivity index (χ4v) is 1.83. The molecule has 0 aliphatic carbocycles. The summed E-state index contributed by atoms with van der Waals surface area (Å²) in [5, 5.41) is 11.2. The molecule has 2 rings (SSSR count). The van der Waals surface area contributed by atoms with E-state index >= 15 is 0 Å². The number of hydrogen-bond donors (Lipinski definition) is 1. The molecule has 1 aromatic carbocycles. The van der Waals surface area contributed by atoms with Crippen LogP contribution in [0.25, 0.3) is 0 Å². The van der Waals surface area contributed by atoms with Gasteiger partial charge in [0.15, 0.2) is 0 Å². The first-order chi connectivity index (χ1) is 9.80. The third-order valence-electron chi connectivity index (χ3n) is 2.51. The zero-order valence-corrected chi connectivity index (χ0v) is 12.5. The highest BCUT2D eigenvalue weighted by Crippen LogP contribution is 2.32. The van der Waals surface area contributed by atoms with Crippen molar-refractivity contribution in [2.45, 2.75) is 9.90 Å². The number of rotatable bonds is 2. The lowest BCUT2D eigenvalue weighted by Gasteiger charge is -2.12. The smallest absolute Gasteiger partial charge is 0.411 e. The summed E-state index contributed by atoms with van der Waals surface area (Å²) in [6.07, 6.45) is -1.78. The summed E-state index contributed by atoms with van der Waals surface area (Å²) in [7, 11) is 0. The quantitative estimate of drug-likeness (QED) is 0.653. The molecular weight excluding hydrogens is 343 g/mol. The average molecular weight is 350 g/mol. The zero-order chi connectivity index (χ0) is 15.6. The van der Waals surface area contributed by atoms with Gasteiger partial charge in [0.25, 0.3) is 0 Å². The summed E-state index contributed by atoms with van der Waals surface area (Å²) < 4.78 is 7.81. The Hall–Kier alpha value is -1.68. The summed E-state index contributed by atoms with van der Waals surface area (Å²) >= 11 is 16.3. The van der Waals surface area contributed by atoms with E-state index in [1.807, 2.05) is 6.07 Å². The minimum atomic E-state index is -1.71. The van der Waals surface area contributed by atoms with Crippen molar-refractivity contribution in [1.29, 1.82) is 5.26 Å². The molecule has 0 saturated heterocycles. The molecule has 21 heavy (non-hydrogen) atoms. The number of anilines is 1. The van der Waals surface area contributed by atoms with Crippen LogP contribution in [0.4, 0.5) is 10.5 Å². The molecule has 6 nitrogen and oxygen atoms in total. The Kier molecular flexibility index (Phi) is 4.47. The fraction of sp³-hybridized carbons (Fsp3) is 0.250. The van der Waals surface area contributed by atoms with Crippen molar-refractivity contribution in [2.24, 2.45) is 0 Å². The van der Waals surface area contributed by atoms with E-state index in [0.29, 0.717) is 11.3 Å². The Balaban J connectivity index is 2.07. The SMILES string of the molecule is N#CC1OC(=O)c2cc(NC(=O)OCC(Cl)(Cl)Cl)ccc21. The molecule has 9 heteroatoms. The number of hydrogen-bond acceptors (Lipinski definition) is 5. The molecule has 1 atom stereocenters. The molecular formula is C12H7Cl3N2O4. The maximum Gasteiger partial charge on any atom is 0.411 e. The largest absolute Gasteiger partial charge is 0.445 e. The van der Waals surface area contributed by atoms with Gasteiger partial charge in [-0.05, 0) is 12.1 Å². The van der Waals surface area contributed by atoms with Crippen LogP contribution in [-0.4, -0.2) is 22.5 Å². The predicted molar refractivity (Wildman–Crippen MR) is 75.5 cm³/mol. The third kappa shape index (κ3) is 3.91. The Morgan fingerprint density at radius 1 is 1.48 bits per heavy atom. The average Bonchev–Trinajstić information content (AvgIpc) is 2.72. The number of cyclic esters (lactones) is 1. The van der Waals surface area contributed by atoms with Crippen molar-refractivity contribution in [1.82, 2.24) is 0 Å². The van der Waals surface area contributed by atoms with Gasteiger partial charge in [0.1, 0.15) is 12.7 Å². The number of esters is 1. The van der Waals surface area contributed by atoms with E-state index in [1.54, 1.807) is 0 Å². The predicted octanol–water partition coefficient (Wildman–Crippen LogP) is 3.34. The van der Waals surface area contributed by atoms with Crippen molar-refractivity contribution >= 4 is 52.6 Å². The van der Waals surface area contributed by atoms with E-state index < -0.39 is 28.6 Å². The van der Waals surface area contributed by atoms with Gasteiger partial charge in [-0.2, -0.15) is 5.26 Å². The summed E-state index contributed by atoms with van der Waals surface area (Å²) in [4.78, 5) is 23.0. The van der Waals surface area contributed by atoms with Gasteiger partial charge in [-0.25, -0.2) is 9.59 Å². The number of alkyl halides is 3. The van der Waals surface area contributed by atoms with Gasteiger partial charge in [-0.3, -0.25) is 5.32 Å². The maximum atomic E-state index is 11.6. The van der Waals surface area contributed by atoms with Crippen molar-refractivity contribution < 1.29 is 19.1 Å². The van der Waals surface area contributed by atoms with Crippen LogP contribution in [0, 0.1) is 11.3 Å². The van der Waals surface area contributed by atoms with E-state index in [-0.39, 0.29) is 5.56 Å². The number of benzene rings is 1. The first-order valence-electron chi connectivity index (χ1n) is 5.55. The Labute approximate surface area is 134 Å². The number of fused-ring (bicyclic) bond motifs is 1. The number of carbonyl (C=O) groups is 2. The lowest BCUT2D eigenvalue weighted by atomic mass is 10.1. The second-order valence-corrected chi connectivity index (χ2v) is 6.55.